The molecule has 1 aliphatic rings. The van der Waals surface area contributed by atoms with Gasteiger partial charge < -0.3 is 4.74 Å². The summed E-state index contributed by atoms with van der Waals surface area (Å²) in [4.78, 5) is 8.26. The number of thiophene rings is 1. The molecule has 1 saturated heterocycles. The van der Waals surface area contributed by atoms with Crippen LogP contribution < -0.4 is 0 Å². The van der Waals surface area contributed by atoms with E-state index in [1.54, 1.807) is 40.4 Å². The lowest BCUT2D eigenvalue weighted by Crippen LogP contribution is -2.48. The van der Waals surface area contributed by atoms with Gasteiger partial charge in [-0.3, -0.25) is 9.97 Å². The first-order valence-corrected chi connectivity index (χ1v) is 9.38. The van der Waals surface area contributed by atoms with Gasteiger partial charge in [-0.1, -0.05) is 6.07 Å². The van der Waals surface area contributed by atoms with Crippen molar-refractivity contribution in [2.45, 2.75) is 23.1 Å². The molecular formula is C14H17N3O3S2. The Hall–Kier alpha value is -1.35. The third kappa shape index (κ3) is 3.35. The second-order valence-electron chi connectivity index (χ2n) is 5.01. The largest absolute Gasteiger partial charge is 0.378 e. The molecule has 1 aliphatic heterocycles. The summed E-state index contributed by atoms with van der Waals surface area (Å²) in [7, 11) is -3.44. The van der Waals surface area contributed by atoms with Gasteiger partial charge in [0, 0.05) is 31.2 Å². The van der Waals surface area contributed by atoms with Gasteiger partial charge in [-0.15, -0.1) is 11.3 Å². The molecule has 22 heavy (non-hydrogen) atoms. The second-order valence-corrected chi connectivity index (χ2v) is 8.08. The SMILES string of the molecule is O=S(=O)(c1cccs1)N1CCOC[C@@H]1CCc1cnccn1. The summed E-state index contributed by atoms with van der Waals surface area (Å²) in [6, 6.07) is 3.24. The van der Waals surface area contributed by atoms with Crippen LogP contribution in [0.1, 0.15) is 12.1 Å². The zero-order valence-electron chi connectivity index (χ0n) is 12.0. The van der Waals surface area contributed by atoms with Crippen LogP contribution in [0.4, 0.5) is 0 Å². The maximum atomic E-state index is 12.7. The molecule has 0 amide bonds. The van der Waals surface area contributed by atoms with E-state index < -0.39 is 10.0 Å². The summed E-state index contributed by atoms with van der Waals surface area (Å²) in [6.07, 6.45) is 6.33. The number of morpholine rings is 1. The number of hydrogen-bond acceptors (Lipinski definition) is 6. The lowest BCUT2D eigenvalue weighted by atomic mass is 10.1. The fourth-order valence-corrected chi connectivity index (χ4v) is 5.23. The standard InChI is InChI=1S/C14H17N3O3S2/c18-22(19,14-2-1-9-21-14)17-7-8-20-11-13(17)4-3-12-10-15-5-6-16-12/h1-2,5-6,9-10,13H,3-4,7-8,11H2/t13-/m0/s1. The van der Waals surface area contributed by atoms with Gasteiger partial charge in [0.25, 0.3) is 10.0 Å². The van der Waals surface area contributed by atoms with Crippen LogP contribution in [0, 0.1) is 0 Å². The van der Waals surface area contributed by atoms with Gasteiger partial charge in [-0.05, 0) is 24.3 Å². The maximum Gasteiger partial charge on any atom is 0.252 e. The summed E-state index contributed by atoms with van der Waals surface area (Å²) in [5.41, 5.74) is 0.863. The normalized spacial score (nSPS) is 20.1. The average molecular weight is 339 g/mol. The first-order chi connectivity index (χ1) is 10.7. The number of aromatic nitrogens is 2. The van der Waals surface area contributed by atoms with Crippen LogP contribution in [0.5, 0.6) is 0 Å². The molecule has 3 rings (SSSR count). The van der Waals surface area contributed by atoms with E-state index in [1.165, 1.54) is 11.3 Å². The van der Waals surface area contributed by atoms with Crippen molar-refractivity contribution in [3.63, 3.8) is 0 Å². The Morgan fingerprint density at radius 1 is 1.41 bits per heavy atom. The van der Waals surface area contributed by atoms with Gasteiger partial charge in [-0.25, -0.2) is 8.42 Å². The van der Waals surface area contributed by atoms with Crippen LogP contribution in [-0.4, -0.2) is 48.5 Å². The van der Waals surface area contributed by atoms with E-state index in [9.17, 15) is 8.42 Å². The summed E-state index contributed by atoms with van der Waals surface area (Å²) in [5.74, 6) is 0. The van der Waals surface area contributed by atoms with Gasteiger partial charge in [0.2, 0.25) is 0 Å². The molecule has 0 unspecified atom stereocenters. The Bertz CT molecular complexity index is 689. The molecule has 118 valence electrons. The minimum Gasteiger partial charge on any atom is -0.378 e. The molecule has 0 bridgehead atoms. The van der Waals surface area contributed by atoms with Crippen molar-refractivity contribution in [2.75, 3.05) is 19.8 Å². The molecule has 0 saturated carbocycles. The van der Waals surface area contributed by atoms with Crippen molar-refractivity contribution in [3.8, 4) is 0 Å². The topological polar surface area (TPSA) is 72.4 Å². The highest BCUT2D eigenvalue weighted by Gasteiger charge is 2.34. The molecule has 0 aliphatic carbocycles. The third-order valence-corrected chi connectivity index (χ3v) is 6.91. The molecule has 2 aromatic heterocycles. The summed E-state index contributed by atoms with van der Waals surface area (Å²) in [6.45, 7) is 1.25. The predicted octanol–water partition coefficient (Wildman–Crippen LogP) is 1.56. The molecule has 0 spiro atoms. The van der Waals surface area contributed by atoms with Crippen LogP contribution >= 0.6 is 11.3 Å². The lowest BCUT2D eigenvalue weighted by Gasteiger charge is -2.34. The lowest BCUT2D eigenvalue weighted by molar-refractivity contribution is 0.0298. The van der Waals surface area contributed by atoms with Crippen molar-refractivity contribution in [1.82, 2.24) is 14.3 Å². The Balaban J connectivity index is 1.74. The molecule has 8 heteroatoms. The molecule has 3 heterocycles. The van der Waals surface area contributed by atoms with Crippen LogP contribution in [0.25, 0.3) is 0 Å². The van der Waals surface area contributed by atoms with Crippen LogP contribution in [-0.2, 0) is 21.2 Å². The monoisotopic (exact) mass is 339 g/mol. The summed E-state index contributed by atoms with van der Waals surface area (Å²) in [5, 5.41) is 1.78. The second kappa shape index (κ2) is 6.82. The highest BCUT2D eigenvalue weighted by atomic mass is 32.2. The molecule has 2 aromatic rings. The summed E-state index contributed by atoms with van der Waals surface area (Å²) >= 11 is 1.25. The summed E-state index contributed by atoms with van der Waals surface area (Å²) < 4.78 is 32.9. The minimum atomic E-state index is -3.44. The Labute approximate surface area is 133 Å². The Kier molecular flexibility index (Phi) is 4.82. The molecule has 1 atom stereocenters. The molecular weight excluding hydrogens is 322 g/mol. The molecule has 0 aromatic carbocycles. The number of ether oxygens (including phenoxy) is 1. The van der Waals surface area contributed by atoms with Gasteiger partial charge in [0.15, 0.2) is 0 Å². The van der Waals surface area contributed by atoms with Crippen molar-refractivity contribution >= 4 is 21.4 Å². The number of nitrogens with zero attached hydrogens (tertiary/aromatic N) is 3. The highest BCUT2D eigenvalue weighted by molar-refractivity contribution is 7.91. The van der Waals surface area contributed by atoms with E-state index in [-0.39, 0.29) is 6.04 Å². The number of aryl methyl sites for hydroxylation is 1. The van der Waals surface area contributed by atoms with E-state index in [1.807, 2.05) is 0 Å². The number of sulfonamides is 1. The first-order valence-electron chi connectivity index (χ1n) is 7.06. The Morgan fingerprint density at radius 2 is 2.32 bits per heavy atom. The Morgan fingerprint density at radius 3 is 3.05 bits per heavy atom. The molecule has 0 N–H and O–H groups in total. The van der Waals surface area contributed by atoms with Gasteiger partial charge in [0.1, 0.15) is 4.21 Å². The maximum absolute atomic E-state index is 12.7. The van der Waals surface area contributed by atoms with E-state index in [4.69, 9.17) is 4.74 Å². The van der Waals surface area contributed by atoms with Crippen molar-refractivity contribution in [1.29, 1.82) is 0 Å². The highest BCUT2D eigenvalue weighted by Crippen LogP contribution is 2.25. The zero-order chi connectivity index (χ0) is 15.4. The van der Waals surface area contributed by atoms with E-state index in [0.717, 1.165) is 5.69 Å². The van der Waals surface area contributed by atoms with Crippen molar-refractivity contribution in [3.05, 3.63) is 41.8 Å². The molecule has 6 nitrogen and oxygen atoms in total. The average Bonchev–Trinajstić information content (AvgIpc) is 3.09. The van der Waals surface area contributed by atoms with Crippen LogP contribution in [0.2, 0.25) is 0 Å². The quantitative estimate of drug-likeness (QED) is 0.827. The third-order valence-electron chi connectivity index (χ3n) is 3.58. The predicted molar refractivity (Wildman–Crippen MR) is 83.2 cm³/mol. The van der Waals surface area contributed by atoms with E-state index >= 15 is 0 Å². The minimum absolute atomic E-state index is 0.164. The van der Waals surface area contributed by atoms with E-state index in [2.05, 4.69) is 9.97 Å². The fraction of sp³-hybridized carbons (Fsp3) is 0.429. The number of hydrogen-bond donors (Lipinski definition) is 0. The van der Waals surface area contributed by atoms with Gasteiger partial charge >= 0.3 is 0 Å². The van der Waals surface area contributed by atoms with Crippen molar-refractivity contribution < 1.29 is 13.2 Å². The van der Waals surface area contributed by atoms with Crippen molar-refractivity contribution in [2.24, 2.45) is 0 Å². The van der Waals surface area contributed by atoms with Crippen LogP contribution in [0.15, 0.2) is 40.3 Å². The van der Waals surface area contributed by atoms with E-state index in [0.29, 0.717) is 36.8 Å². The molecule has 0 radical (unpaired) electrons. The van der Waals surface area contributed by atoms with Crippen LogP contribution in [0.3, 0.4) is 0 Å². The first kappa shape index (κ1) is 15.5. The fourth-order valence-electron chi connectivity index (χ4n) is 2.48. The van der Waals surface area contributed by atoms with Gasteiger partial charge in [-0.2, -0.15) is 4.31 Å². The zero-order valence-corrected chi connectivity index (χ0v) is 13.6. The van der Waals surface area contributed by atoms with Gasteiger partial charge in [0.05, 0.1) is 18.9 Å². The molecule has 1 fully saturated rings. The number of rotatable bonds is 5. The smallest absolute Gasteiger partial charge is 0.252 e.